The summed E-state index contributed by atoms with van der Waals surface area (Å²) in [5.74, 6) is 0.863. The fourth-order valence-electron chi connectivity index (χ4n) is 2.19. The van der Waals surface area contributed by atoms with E-state index in [0.29, 0.717) is 11.8 Å². The summed E-state index contributed by atoms with van der Waals surface area (Å²) < 4.78 is 0. The maximum Gasteiger partial charge on any atom is 0.222 e. The second-order valence-electron chi connectivity index (χ2n) is 5.96. The van der Waals surface area contributed by atoms with Crippen LogP contribution in [0.15, 0.2) is 0 Å². The van der Waals surface area contributed by atoms with E-state index in [1.165, 1.54) is 0 Å². The Kier molecular flexibility index (Phi) is 4.78. The van der Waals surface area contributed by atoms with Crippen molar-refractivity contribution in [2.24, 2.45) is 17.1 Å². The van der Waals surface area contributed by atoms with Crippen LogP contribution in [0.3, 0.4) is 0 Å². The predicted molar refractivity (Wildman–Crippen MR) is 67.0 cm³/mol. The maximum absolute atomic E-state index is 11.8. The summed E-state index contributed by atoms with van der Waals surface area (Å²) in [6, 6.07) is 0. The highest BCUT2D eigenvalue weighted by Crippen LogP contribution is 2.34. The van der Waals surface area contributed by atoms with E-state index < -0.39 is 0 Å². The van der Waals surface area contributed by atoms with Gasteiger partial charge in [-0.25, -0.2) is 0 Å². The summed E-state index contributed by atoms with van der Waals surface area (Å²) in [6.45, 7) is 9.31. The number of hydrogen-bond donors (Lipinski definition) is 1. The van der Waals surface area contributed by atoms with E-state index in [1.807, 2.05) is 4.90 Å². The summed E-state index contributed by atoms with van der Waals surface area (Å²) in [7, 11) is 0. The first kappa shape index (κ1) is 13.5. The number of hydrogen-bond acceptors (Lipinski definition) is 2. The van der Waals surface area contributed by atoms with E-state index in [1.54, 1.807) is 0 Å². The van der Waals surface area contributed by atoms with Crippen LogP contribution in [0.2, 0.25) is 0 Å². The average molecular weight is 226 g/mol. The average Bonchev–Trinajstić information content (AvgIpc) is 2.55. The van der Waals surface area contributed by atoms with Gasteiger partial charge in [0.25, 0.3) is 0 Å². The van der Waals surface area contributed by atoms with Gasteiger partial charge in [0.1, 0.15) is 0 Å². The SMILES string of the molecule is CC(C)(C)C1CC(=O)N(CCCCCN)C1. The zero-order valence-corrected chi connectivity index (χ0v) is 11.0. The van der Waals surface area contributed by atoms with Crippen LogP contribution < -0.4 is 5.73 Å². The van der Waals surface area contributed by atoms with Gasteiger partial charge in [-0.1, -0.05) is 27.2 Å². The number of carbonyl (C=O) groups is 1. The van der Waals surface area contributed by atoms with E-state index >= 15 is 0 Å². The number of nitrogens with two attached hydrogens (primary N) is 1. The normalized spacial score (nSPS) is 21.9. The minimum Gasteiger partial charge on any atom is -0.342 e. The molecule has 0 spiro atoms. The molecule has 1 amide bonds. The van der Waals surface area contributed by atoms with Crippen LogP contribution in [0.4, 0.5) is 0 Å². The summed E-state index contributed by atoms with van der Waals surface area (Å²) >= 11 is 0. The fraction of sp³-hybridized carbons (Fsp3) is 0.923. The minimum atomic E-state index is 0.252. The largest absolute Gasteiger partial charge is 0.342 e. The molecular weight excluding hydrogens is 200 g/mol. The third kappa shape index (κ3) is 3.78. The van der Waals surface area contributed by atoms with E-state index in [0.717, 1.165) is 45.3 Å². The maximum atomic E-state index is 11.8. The smallest absolute Gasteiger partial charge is 0.222 e. The molecule has 0 bridgehead atoms. The quantitative estimate of drug-likeness (QED) is 0.729. The zero-order chi connectivity index (χ0) is 12.2. The molecule has 1 aliphatic heterocycles. The highest BCUT2D eigenvalue weighted by molar-refractivity contribution is 5.78. The molecule has 0 aromatic rings. The van der Waals surface area contributed by atoms with Crippen LogP contribution in [-0.2, 0) is 4.79 Å². The molecule has 0 radical (unpaired) electrons. The molecule has 1 fully saturated rings. The standard InChI is InChI=1S/C13H26N2O/c1-13(2,3)11-9-12(16)15(10-11)8-6-4-5-7-14/h11H,4-10,14H2,1-3H3. The van der Waals surface area contributed by atoms with E-state index in [-0.39, 0.29) is 5.41 Å². The van der Waals surface area contributed by atoms with Gasteiger partial charge in [0.05, 0.1) is 0 Å². The topological polar surface area (TPSA) is 46.3 Å². The van der Waals surface area contributed by atoms with Crippen molar-refractivity contribution in [1.82, 2.24) is 4.90 Å². The van der Waals surface area contributed by atoms with Crippen LogP contribution in [0, 0.1) is 11.3 Å². The van der Waals surface area contributed by atoms with E-state index in [9.17, 15) is 4.79 Å². The lowest BCUT2D eigenvalue weighted by molar-refractivity contribution is -0.127. The van der Waals surface area contributed by atoms with Gasteiger partial charge in [0.15, 0.2) is 0 Å². The lowest BCUT2D eigenvalue weighted by Crippen LogP contribution is -2.28. The van der Waals surface area contributed by atoms with Crippen molar-refractivity contribution in [2.45, 2.75) is 46.5 Å². The number of likely N-dealkylation sites (tertiary alicyclic amines) is 1. The second-order valence-corrected chi connectivity index (χ2v) is 5.96. The van der Waals surface area contributed by atoms with Crippen molar-refractivity contribution >= 4 is 5.91 Å². The molecule has 1 atom stereocenters. The van der Waals surface area contributed by atoms with Gasteiger partial charge < -0.3 is 10.6 Å². The Bertz CT molecular complexity index is 233. The van der Waals surface area contributed by atoms with Crippen LogP contribution in [0.5, 0.6) is 0 Å². The zero-order valence-electron chi connectivity index (χ0n) is 11.0. The van der Waals surface area contributed by atoms with Gasteiger partial charge in [-0.05, 0) is 30.7 Å². The Morgan fingerprint density at radius 2 is 2.00 bits per heavy atom. The molecule has 3 nitrogen and oxygen atoms in total. The molecule has 1 saturated heterocycles. The first-order valence-electron chi connectivity index (χ1n) is 6.43. The van der Waals surface area contributed by atoms with Gasteiger partial charge >= 0.3 is 0 Å². The lowest BCUT2D eigenvalue weighted by atomic mass is 9.80. The van der Waals surface area contributed by atoms with Crippen molar-refractivity contribution in [3.05, 3.63) is 0 Å². The van der Waals surface area contributed by atoms with Crippen LogP contribution >= 0.6 is 0 Å². The Morgan fingerprint density at radius 3 is 2.50 bits per heavy atom. The second kappa shape index (κ2) is 5.67. The van der Waals surface area contributed by atoms with Gasteiger partial charge in [-0.15, -0.1) is 0 Å². The summed E-state index contributed by atoms with van der Waals surface area (Å²) in [6.07, 6.45) is 4.05. The number of amides is 1. The molecule has 2 N–H and O–H groups in total. The summed E-state index contributed by atoms with van der Waals surface area (Å²) in [5, 5.41) is 0. The van der Waals surface area contributed by atoms with Crippen molar-refractivity contribution in [3.8, 4) is 0 Å². The monoisotopic (exact) mass is 226 g/mol. The Labute approximate surface area is 99.4 Å². The number of nitrogens with zero attached hydrogens (tertiary/aromatic N) is 1. The molecule has 94 valence electrons. The number of carbonyl (C=O) groups excluding carboxylic acids is 1. The van der Waals surface area contributed by atoms with Gasteiger partial charge in [-0.2, -0.15) is 0 Å². The van der Waals surface area contributed by atoms with Crippen molar-refractivity contribution in [1.29, 1.82) is 0 Å². The van der Waals surface area contributed by atoms with E-state index in [4.69, 9.17) is 5.73 Å². The van der Waals surface area contributed by atoms with E-state index in [2.05, 4.69) is 20.8 Å². The fourth-order valence-corrected chi connectivity index (χ4v) is 2.19. The molecule has 3 heteroatoms. The third-order valence-electron chi connectivity index (χ3n) is 3.57. The Hall–Kier alpha value is -0.570. The molecule has 0 aliphatic carbocycles. The first-order valence-corrected chi connectivity index (χ1v) is 6.43. The number of rotatable bonds is 5. The molecule has 0 aromatic heterocycles. The van der Waals surface area contributed by atoms with Crippen molar-refractivity contribution in [3.63, 3.8) is 0 Å². The Morgan fingerprint density at radius 1 is 1.31 bits per heavy atom. The molecule has 1 unspecified atom stereocenters. The summed E-state index contributed by atoms with van der Waals surface area (Å²) in [4.78, 5) is 13.8. The Balaban J connectivity index is 2.31. The molecule has 16 heavy (non-hydrogen) atoms. The minimum absolute atomic E-state index is 0.252. The van der Waals surface area contributed by atoms with Gasteiger partial charge in [-0.3, -0.25) is 4.79 Å². The van der Waals surface area contributed by atoms with Gasteiger partial charge in [0, 0.05) is 19.5 Å². The molecule has 0 aromatic carbocycles. The molecule has 1 aliphatic rings. The van der Waals surface area contributed by atoms with Crippen molar-refractivity contribution < 1.29 is 4.79 Å². The van der Waals surface area contributed by atoms with Crippen LogP contribution in [0.25, 0.3) is 0 Å². The number of unbranched alkanes of at least 4 members (excludes halogenated alkanes) is 2. The predicted octanol–water partition coefficient (Wildman–Crippen LogP) is 2.01. The van der Waals surface area contributed by atoms with Crippen LogP contribution in [-0.4, -0.2) is 30.4 Å². The lowest BCUT2D eigenvalue weighted by Gasteiger charge is -2.26. The molecule has 0 saturated carbocycles. The first-order chi connectivity index (χ1) is 7.45. The third-order valence-corrected chi connectivity index (χ3v) is 3.57. The molecular formula is C13H26N2O. The van der Waals surface area contributed by atoms with Crippen molar-refractivity contribution in [2.75, 3.05) is 19.6 Å². The van der Waals surface area contributed by atoms with Gasteiger partial charge in [0.2, 0.25) is 5.91 Å². The highest BCUT2D eigenvalue weighted by atomic mass is 16.2. The molecule has 1 rings (SSSR count). The summed E-state index contributed by atoms with van der Waals surface area (Å²) in [5.41, 5.74) is 5.70. The highest BCUT2D eigenvalue weighted by Gasteiger charge is 2.36. The molecule has 1 heterocycles. The van der Waals surface area contributed by atoms with Crippen LogP contribution in [0.1, 0.15) is 46.5 Å².